The Morgan fingerprint density at radius 2 is 2.35 bits per heavy atom. The molecule has 3 heterocycles. The molecule has 1 aromatic heterocycles. The zero-order chi connectivity index (χ0) is 14.0. The van der Waals surface area contributed by atoms with Crippen LogP contribution >= 0.6 is 11.3 Å². The van der Waals surface area contributed by atoms with Crippen molar-refractivity contribution in [3.8, 4) is 0 Å². The number of carbonyl (C=O) groups is 1. The molecule has 0 aliphatic carbocycles. The second kappa shape index (κ2) is 5.79. The van der Waals surface area contributed by atoms with Crippen LogP contribution in [0.3, 0.4) is 0 Å². The molecule has 0 bridgehead atoms. The minimum absolute atomic E-state index is 0.151. The first kappa shape index (κ1) is 14.0. The van der Waals surface area contributed by atoms with Gasteiger partial charge in [-0.2, -0.15) is 0 Å². The van der Waals surface area contributed by atoms with E-state index in [4.69, 9.17) is 4.74 Å². The summed E-state index contributed by atoms with van der Waals surface area (Å²) in [5.74, 6) is 0.151. The van der Waals surface area contributed by atoms with E-state index in [0.29, 0.717) is 13.2 Å². The molecule has 2 aliphatic heterocycles. The molecule has 1 unspecified atom stereocenters. The predicted octanol–water partition coefficient (Wildman–Crippen LogP) is 1.36. The maximum Gasteiger partial charge on any atom is 0.255 e. The van der Waals surface area contributed by atoms with Gasteiger partial charge in [-0.05, 0) is 19.3 Å². The minimum atomic E-state index is -0.625. The summed E-state index contributed by atoms with van der Waals surface area (Å²) in [5.41, 5.74) is 2.32. The Morgan fingerprint density at radius 3 is 3.15 bits per heavy atom. The molecule has 1 aromatic rings. The van der Waals surface area contributed by atoms with Gasteiger partial charge in [-0.1, -0.05) is 0 Å². The molecule has 2 aliphatic rings. The number of nitrogens with zero attached hydrogens (tertiary/aromatic N) is 3. The van der Waals surface area contributed by atoms with Crippen LogP contribution in [-0.4, -0.2) is 59.6 Å². The number of hydrogen-bond acceptors (Lipinski definition) is 5. The van der Waals surface area contributed by atoms with E-state index in [-0.39, 0.29) is 5.91 Å². The Kier molecular flexibility index (Phi) is 4.05. The number of morpholine rings is 1. The molecule has 0 saturated carbocycles. The maximum atomic E-state index is 12.6. The van der Waals surface area contributed by atoms with Crippen molar-refractivity contribution in [3.05, 3.63) is 16.6 Å². The van der Waals surface area contributed by atoms with Crippen LogP contribution < -0.4 is 0 Å². The maximum absolute atomic E-state index is 12.6. The number of carbonyl (C=O) groups excluding carboxylic acids is 1. The van der Waals surface area contributed by atoms with E-state index in [9.17, 15) is 4.79 Å². The first-order valence-corrected chi connectivity index (χ1v) is 8.13. The van der Waals surface area contributed by atoms with Crippen LogP contribution in [-0.2, 0) is 16.1 Å². The van der Waals surface area contributed by atoms with Crippen molar-refractivity contribution in [3.63, 3.8) is 0 Å². The fourth-order valence-corrected chi connectivity index (χ4v) is 3.68. The van der Waals surface area contributed by atoms with Crippen molar-refractivity contribution in [2.24, 2.45) is 0 Å². The number of likely N-dealkylation sites (N-methyl/N-ethyl adjacent to an activating group) is 1. The van der Waals surface area contributed by atoms with Gasteiger partial charge < -0.3 is 9.64 Å². The molecule has 1 spiro atoms. The fraction of sp³-hybridized carbons (Fsp3) is 0.714. The van der Waals surface area contributed by atoms with Gasteiger partial charge in [-0.3, -0.25) is 9.69 Å². The SMILES string of the molecule is CN1CCCCC2(CN(Cc3cscn3)CCO2)C1=O. The van der Waals surface area contributed by atoms with Crippen molar-refractivity contribution in [2.75, 3.05) is 33.3 Å². The van der Waals surface area contributed by atoms with Crippen LogP contribution in [0.4, 0.5) is 0 Å². The van der Waals surface area contributed by atoms with Crippen molar-refractivity contribution >= 4 is 17.2 Å². The van der Waals surface area contributed by atoms with E-state index < -0.39 is 5.60 Å². The van der Waals surface area contributed by atoms with Gasteiger partial charge in [0.15, 0.2) is 5.60 Å². The third-order valence-electron chi connectivity index (χ3n) is 4.19. The lowest BCUT2D eigenvalue weighted by atomic mass is 9.94. The topological polar surface area (TPSA) is 45.7 Å². The van der Waals surface area contributed by atoms with Crippen LogP contribution in [0.15, 0.2) is 10.9 Å². The van der Waals surface area contributed by atoms with E-state index >= 15 is 0 Å². The number of amides is 1. The molecule has 20 heavy (non-hydrogen) atoms. The molecule has 2 fully saturated rings. The van der Waals surface area contributed by atoms with Crippen LogP contribution in [0.1, 0.15) is 25.0 Å². The average molecular weight is 295 g/mol. The summed E-state index contributed by atoms with van der Waals surface area (Å²) in [4.78, 5) is 21.1. The third-order valence-corrected chi connectivity index (χ3v) is 4.83. The van der Waals surface area contributed by atoms with Crippen molar-refractivity contribution in [2.45, 2.75) is 31.4 Å². The van der Waals surface area contributed by atoms with Gasteiger partial charge in [-0.15, -0.1) is 11.3 Å². The molecule has 1 atom stereocenters. The van der Waals surface area contributed by atoms with Crippen LogP contribution in [0.25, 0.3) is 0 Å². The molecular formula is C14H21N3O2S. The Bertz CT molecular complexity index is 465. The smallest absolute Gasteiger partial charge is 0.255 e. The second-order valence-electron chi connectivity index (χ2n) is 5.72. The van der Waals surface area contributed by atoms with Crippen molar-refractivity contribution in [1.82, 2.24) is 14.8 Å². The first-order valence-electron chi connectivity index (χ1n) is 7.19. The summed E-state index contributed by atoms with van der Waals surface area (Å²) in [6.45, 7) is 3.84. The predicted molar refractivity (Wildman–Crippen MR) is 77.6 cm³/mol. The molecular weight excluding hydrogens is 274 g/mol. The summed E-state index contributed by atoms with van der Waals surface area (Å²) in [6, 6.07) is 0. The Morgan fingerprint density at radius 1 is 1.45 bits per heavy atom. The van der Waals surface area contributed by atoms with E-state index in [1.165, 1.54) is 0 Å². The quantitative estimate of drug-likeness (QED) is 0.826. The fourth-order valence-electron chi connectivity index (χ4n) is 3.13. The van der Waals surface area contributed by atoms with Crippen LogP contribution in [0, 0.1) is 0 Å². The third kappa shape index (κ3) is 2.73. The molecule has 6 heteroatoms. The average Bonchev–Trinajstić information content (AvgIpc) is 2.91. The lowest BCUT2D eigenvalue weighted by Crippen LogP contribution is -2.59. The molecule has 3 rings (SSSR count). The first-order chi connectivity index (χ1) is 9.70. The monoisotopic (exact) mass is 295 g/mol. The zero-order valence-electron chi connectivity index (χ0n) is 11.9. The number of thiazole rings is 1. The Balaban J connectivity index is 1.73. The van der Waals surface area contributed by atoms with Gasteiger partial charge in [0.2, 0.25) is 0 Å². The van der Waals surface area contributed by atoms with Crippen molar-refractivity contribution < 1.29 is 9.53 Å². The molecule has 5 nitrogen and oxygen atoms in total. The molecule has 2 saturated heterocycles. The van der Waals surface area contributed by atoms with Crippen LogP contribution in [0.2, 0.25) is 0 Å². The van der Waals surface area contributed by atoms with Gasteiger partial charge in [0, 0.05) is 38.6 Å². The number of rotatable bonds is 2. The lowest BCUT2D eigenvalue weighted by Gasteiger charge is -2.42. The van der Waals surface area contributed by atoms with E-state index in [2.05, 4.69) is 15.3 Å². The number of likely N-dealkylation sites (tertiary alicyclic amines) is 1. The number of aromatic nitrogens is 1. The van der Waals surface area contributed by atoms with E-state index in [0.717, 1.165) is 44.6 Å². The van der Waals surface area contributed by atoms with Crippen LogP contribution in [0.5, 0.6) is 0 Å². The molecule has 0 radical (unpaired) electrons. The van der Waals surface area contributed by atoms with Gasteiger partial charge in [-0.25, -0.2) is 4.98 Å². The molecule has 1 amide bonds. The molecule has 0 aromatic carbocycles. The largest absolute Gasteiger partial charge is 0.362 e. The Labute approximate surface area is 123 Å². The summed E-state index contributed by atoms with van der Waals surface area (Å²) >= 11 is 1.62. The van der Waals surface area contributed by atoms with E-state index in [1.54, 1.807) is 11.3 Å². The number of hydrogen-bond donors (Lipinski definition) is 0. The highest BCUT2D eigenvalue weighted by atomic mass is 32.1. The van der Waals surface area contributed by atoms with Gasteiger partial charge in [0.05, 0.1) is 17.8 Å². The molecule has 110 valence electrons. The second-order valence-corrected chi connectivity index (χ2v) is 6.44. The lowest BCUT2D eigenvalue weighted by molar-refractivity contribution is -0.170. The zero-order valence-corrected chi connectivity index (χ0v) is 12.7. The van der Waals surface area contributed by atoms with Crippen molar-refractivity contribution in [1.29, 1.82) is 0 Å². The standard InChI is InChI=1S/C14H21N3O2S/c1-16-5-3-2-4-14(13(16)18)10-17(6-7-19-14)8-12-9-20-11-15-12/h9,11H,2-8,10H2,1H3. The summed E-state index contributed by atoms with van der Waals surface area (Å²) in [5, 5.41) is 2.07. The van der Waals surface area contributed by atoms with Gasteiger partial charge >= 0.3 is 0 Å². The van der Waals surface area contributed by atoms with E-state index in [1.807, 2.05) is 17.5 Å². The highest BCUT2D eigenvalue weighted by Gasteiger charge is 2.45. The molecule has 0 N–H and O–H groups in total. The Hall–Kier alpha value is -0.980. The summed E-state index contributed by atoms with van der Waals surface area (Å²) < 4.78 is 5.97. The summed E-state index contributed by atoms with van der Waals surface area (Å²) in [7, 11) is 1.89. The van der Waals surface area contributed by atoms with Gasteiger partial charge in [0.25, 0.3) is 5.91 Å². The normalized spacial score (nSPS) is 28.9. The highest BCUT2D eigenvalue weighted by molar-refractivity contribution is 7.07. The minimum Gasteiger partial charge on any atom is -0.362 e. The summed E-state index contributed by atoms with van der Waals surface area (Å²) in [6.07, 6.45) is 2.96. The number of ether oxygens (including phenoxy) is 1. The highest BCUT2D eigenvalue weighted by Crippen LogP contribution is 2.29. The van der Waals surface area contributed by atoms with Gasteiger partial charge in [0.1, 0.15) is 0 Å².